The third-order valence-corrected chi connectivity index (χ3v) is 8.20. The summed E-state index contributed by atoms with van der Waals surface area (Å²) in [7, 11) is 0. The Balaban J connectivity index is 1.33. The van der Waals surface area contributed by atoms with Crippen LogP contribution in [0.1, 0.15) is 105 Å². The Hall–Kier alpha value is -2.82. The number of nitrogens with one attached hydrogen (secondary N) is 2. The topological polar surface area (TPSA) is 120 Å². The fourth-order valence-electron chi connectivity index (χ4n) is 5.70. The lowest BCUT2D eigenvalue weighted by atomic mass is 9.99. The van der Waals surface area contributed by atoms with Gasteiger partial charge in [-0.3, -0.25) is 14.8 Å². The highest BCUT2D eigenvalue weighted by Gasteiger charge is 2.33. The van der Waals surface area contributed by atoms with Gasteiger partial charge >= 0.3 is 0 Å². The molecular weight excluding hydrogens is 534 g/mol. The van der Waals surface area contributed by atoms with Gasteiger partial charge in [0.15, 0.2) is 6.29 Å². The van der Waals surface area contributed by atoms with E-state index in [4.69, 9.17) is 14.7 Å². The average Bonchev–Trinajstić information content (AvgIpc) is 3.01. The van der Waals surface area contributed by atoms with Gasteiger partial charge in [-0.15, -0.1) is 0 Å². The van der Waals surface area contributed by atoms with Crippen molar-refractivity contribution < 1.29 is 29.4 Å². The Labute approximate surface area is 249 Å². The molecule has 4 rings (SSSR count). The van der Waals surface area contributed by atoms with Crippen molar-refractivity contribution in [3.8, 4) is 0 Å². The van der Waals surface area contributed by atoms with Crippen molar-refractivity contribution in [2.24, 2.45) is 0 Å². The molecule has 0 bridgehead atoms. The van der Waals surface area contributed by atoms with Crippen LogP contribution in [-0.2, 0) is 32.2 Å². The number of carbonyl (C=O) groups excluding carboxylic acids is 2. The van der Waals surface area contributed by atoms with Crippen LogP contribution in [-0.4, -0.2) is 52.8 Å². The molecule has 230 valence electrons. The number of aliphatic hydroxyl groups is 1. The van der Waals surface area contributed by atoms with Crippen LogP contribution in [0.25, 0.3) is 0 Å². The minimum absolute atomic E-state index is 0.0213. The van der Waals surface area contributed by atoms with Crippen LogP contribution < -0.4 is 10.8 Å². The predicted octanol–water partition coefficient (Wildman–Crippen LogP) is 5.06. The summed E-state index contributed by atoms with van der Waals surface area (Å²) in [5.41, 5.74) is 5.54. The van der Waals surface area contributed by atoms with Gasteiger partial charge in [-0.25, -0.2) is 5.48 Å². The number of benzene rings is 2. The predicted molar refractivity (Wildman–Crippen MR) is 159 cm³/mol. The molecule has 0 radical (unpaired) electrons. The minimum Gasteiger partial charge on any atom is -0.392 e. The Morgan fingerprint density at radius 2 is 1.40 bits per heavy atom. The molecule has 2 amide bonds. The highest BCUT2D eigenvalue weighted by Crippen LogP contribution is 2.38. The molecule has 0 aliphatic carbocycles. The molecule has 2 aromatic rings. The van der Waals surface area contributed by atoms with E-state index in [0.29, 0.717) is 25.8 Å². The van der Waals surface area contributed by atoms with Gasteiger partial charge in [0.05, 0.1) is 18.8 Å². The van der Waals surface area contributed by atoms with Crippen LogP contribution in [0.4, 0.5) is 0 Å². The summed E-state index contributed by atoms with van der Waals surface area (Å²) in [6.07, 6.45) is 9.39. The van der Waals surface area contributed by atoms with Crippen LogP contribution >= 0.6 is 0 Å². The number of unbranched alkanes of at least 4 members (excludes halogenated alkanes) is 2. The summed E-state index contributed by atoms with van der Waals surface area (Å²) in [6, 6.07) is 16.0. The number of aliphatic hydroxyl groups excluding tert-OH is 1. The summed E-state index contributed by atoms with van der Waals surface area (Å²) in [4.78, 5) is 25.8. The number of amides is 2. The lowest BCUT2D eigenvalue weighted by Crippen LogP contribution is -2.40. The lowest BCUT2D eigenvalue weighted by Gasteiger charge is -2.38. The van der Waals surface area contributed by atoms with Gasteiger partial charge < -0.3 is 24.8 Å². The first-order chi connectivity index (χ1) is 20.5. The zero-order valence-electron chi connectivity index (χ0n) is 24.6. The van der Waals surface area contributed by atoms with Crippen LogP contribution in [0.2, 0.25) is 0 Å². The fourth-order valence-corrected chi connectivity index (χ4v) is 5.70. The Bertz CT molecular complexity index is 1090. The van der Waals surface area contributed by atoms with Gasteiger partial charge in [-0.2, -0.15) is 0 Å². The maximum absolute atomic E-state index is 12.2. The van der Waals surface area contributed by atoms with Gasteiger partial charge in [-0.1, -0.05) is 74.2 Å². The molecule has 2 heterocycles. The van der Waals surface area contributed by atoms with Crippen molar-refractivity contribution in [1.82, 2.24) is 15.7 Å². The third-order valence-electron chi connectivity index (χ3n) is 8.20. The number of hydrogen-bond donors (Lipinski definition) is 4. The second kappa shape index (κ2) is 17.3. The largest absolute Gasteiger partial charge is 0.392 e. The van der Waals surface area contributed by atoms with E-state index < -0.39 is 12.2 Å². The van der Waals surface area contributed by atoms with E-state index >= 15 is 0 Å². The van der Waals surface area contributed by atoms with E-state index in [1.807, 2.05) is 48.5 Å². The third kappa shape index (κ3) is 10.5. The monoisotopic (exact) mass is 581 g/mol. The van der Waals surface area contributed by atoms with Crippen molar-refractivity contribution in [3.63, 3.8) is 0 Å². The first-order valence-corrected chi connectivity index (χ1v) is 15.6. The van der Waals surface area contributed by atoms with Crippen LogP contribution in [0.3, 0.4) is 0 Å². The Morgan fingerprint density at radius 3 is 2.07 bits per heavy atom. The number of nitrogens with zero attached hydrogens (tertiary/aromatic N) is 1. The van der Waals surface area contributed by atoms with Crippen molar-refractivity contribution >= 4 is 11.8 Å². The van der Waals surface area contributed by atoms with E-state index in [1.165, 1.54) is 32.1 Å². The van der Waals surface area contributed by atoms with Crippen molar-refractivity contribution in [1.29, 1.82) is 0 Å². The summed E-state index contributed by atoms with van der Waals surface area (Å²) in [6.45, 7) is 3.58. The molecule has 0 unspecified atom stereocenters. The molecule has 0 spiro atoms. The number of ether oxygens (including phenoxy) is 2. The summed E-state index contributed by atoms with van der Waals surface area (Å²) >= 11 is 0. The molecule has 0 saturated carbocycles. The molecule has 2 aliphatic rings. The van der Waals surface area contributed by atoms with Gasteiger partial charge in [-0.05, 0) is 55.5 Å². The highest BCUT2D eigenvalue weighted by molar-refractivity contribution is 5.76. The summed E-state index contributed by atoms with van der Waals surface area (Å²) in [5.74, 6) is -0.422. The van der Waals surface area contributed by atoms with Gasteiger partial charge in [0.2, 0.25) is 11.8 Å². The molecule has 2 aromatic carbocycles. The number of hydrogen-bond acceptors (Lipinski definition) is 7. The van der Waals surface area contributed by atoms with Crippen molar-refractivity contribution in [2.45, 2.75) is 102 Å². The maximum Gasteiger partial charge on any atom is 0.243 e. The molecule has 9 heteroatoms. The first-order valence-electron chi connectivity index (χ1n) is 15.6. The second-order valence-corrected chi connectivity index (χ2v) is 11.5. The number of rotatable bonds is 13. The number of carbonyl (C=O) groups is 2. The Morgan fingerprint density at radius 1 is 0.786 bits per heavy atom. The molecule has 2 aliphatic heterocycles. The molecular formula is C33H47N3O6. The molecule has 42 heavy (non-hydrogen) atoms. The molecule has 9 nitrogen and oxygen atoms in total. The first kappa shape index (κ1) is 32.1. The van der Waals surface area contributed by atoms with Crippen LogP contribution in [0, 0.1) is 0 Å². The maximum atomic E-state index is 12.2. The second-order valence-electron chi connectivity index (χ2n) is 11.5. The Kier molecular flexibility index (Phi) is 13.2. The highest BCUT2D eigenvalue weighted by atomic mass is 16.7. The van der Waals surface area contributed by atoms with E-state index in [-0.39, 0.29) is 31.1 Å². The minimum atomic E-state index is -0.488. The van der Waals surface area contributed by atoms with Crippen molar-refractivity contribution in [2.75, 3.05) is 19.6 Å². The molecule has 3 atom stereocenters. The summed E-state index contributed by atoms with van der Waals surface area (Å²) in [5, 5.41) is 21.0. The van der Waals surface area contributed by atoms with Gasteiger partial charge in [0, 0.05) is 37.9 Å². The van der Waals surface area contributed by atoms with E-state index in [1.54, 1.807) is 5.48 Å². The van der Waals surface area contributed by atoms with E-state index in [9.17, 15) is 14.7 Å². The van der Waals surface area contributed by atoms with Gasteiger partial charge in [0.25, 0.3) is 0 Å². The zero-order valence-corrected chi connectivity index (χ0v) is 24.6. The normalized spacial score (nSPS) is 21.7. The van der Waals surface area contributed by atoms with Crippen molar-refractivity contribution in [3.05, 3.63) is 70.8 Å². The number of hydroxylamine groups is 1. The van der Waals surface area contributed by atoms with Crippen LogP contribution in [0.15, 0.2) is 48.5 Å². The van der Waals surface area contributed by atoms with E-state index in [0.717, 1.165) is 54.7 Å². The lowest BCUT2D eigenvalue weighted by molar-refractivity contribution is -0.253. The SMILES string of the molecule is O=C(CCCCCC(=O)NCc1ccc([C@@H]2O[C@H](CN3CCCCCCC3)C[C@H](c3ccc(CO)cc3)O2)cc1)NO. The zero-order chi connectivity index (χ0) is 29.6. The molecule has 2 fully saturated rings. The fraction of sp³-hybridized carbons (Fsp3) is 0.576. The smallest absolute Gasteiger partial charge is 0.243 e. The molecule has 2 saturated heterocycles. The standard InChI is InChI=1S/C33H47N3O6/c37-24-26-13-15-27(16-14-26)30-21-29(23-36-19-7-2-1-3-8-20-36)41-33(42-30)28-17-11-25(12-18-28)22-34-31(38)9-5-4-6-10-32(39)35-40/h11-18,29-30,33,37,40H,1-10,19-24H2,(H,34,38)(H,35,39)/t29-,30+,33+/m0/s1. The van der Waals surface area contributed by atoms with E-state index in [2.05, 4.69) is 10.2 Å². The molecule has 0 aromatic heterocycles. The molecule has 4 N–H and O–H groups in total. The average molecular weight is 582 g/mol. The van der Waals surface area contributed by atoms with Gasteiger partial charge in [0.1, 0.15) is 0 Å². The number of likely N-dealkylation sites (tertiary alicyclic amines) is 1. The quantitative estimate of drug-likeness (QED) is 0.148. The summed E-state index contributed by atoms with van der Waals surface area (Å²) < 4.78 is 13.1. The van der Waals surface area contributed by atoms with Crippen LogP contribution in [0.5, 0.6) is 0 Å².